The van der Waals surface area contributed by atoms with Crippen LogP contribution in [0.25, 0.3) is 0 Å². The number of fused-ring (bicyclic) bond motifs is 1. The maximum absolute atomic E-state index is 13.0. The Bertz CT molecular complexity index is 1010. The Labute approximate surface area is 186 Å². The number of aryl methyl sites for hydroxylation is 1. The van der Waals surface area contributed by atoms with Crippen LogP contribution in [0.5, 0.6) is 0 Å². The van der Waals surface area contributed by atoms with Gasteiger partial charge in [-0.25, -0.2) is 9.59 Å². The lowest BCUT2D eigenvalue weighted by Crippen LogP contribution is -2.42. The minimum atomic E-state index is -0.400. The zero-order chi connectivity index (χ0) is 22.7. The molecule has 10 nitrogen and oxygen atoms in total. The summed E-state index contributed by atoms with van der Waals surface area (Å²) in [6.45, 7) is 4.99. The molecule has 0 radical (unpaired) electrons. The van der Waals surface area contributed by atoms with Gasteiger partial charge in [0.15, 0.2) is 5.69 Å². The summed E-state index contributed by atoms with van der Waals surface area (Å²) in [6, 6.07) is 6.28. The van der Waals surface area contributed by atoms with Crippen LogP contribution < -0.4 is 5.32 Å². The maximum atomic E-state index is 13.0. The molecule has 3 amide bonds. The molecule has 1 saturated heterocycles. The molecule has 0 aliphatic carbocycles. The Morgan fingerprint density at radius 1 is 1.09 bits per heavy atom. The van der Waals surface area contributed by atoms with Gasteiger partial charge in [0.05, 0.1) is 31.9 Å². The van der Waals surface area contributed by atoms with E-state index in [-0.39, 0.29) is 11.9 Å². The van der Waals surface area contributed by atoms with E-state index < -0.39 is 5.97 Å². The van der Waals surface area contributed by atoms with E-state index in [0.717, 1.165) is 11.3 Å². The molecule has 32 heavy (non-hydrogen) atoms. The lowest BCUT2D eigenvalue weighted by Gasteiger charge is -2.29. The molecular formula is C22H27N5O5. The number of carbonyl (C=O) groups is 3. The number of rotatable bonds is 4. The number of urea groups is 1. The van der Waals surface area contributed by atoms with Gasteiger partial charge in [0.1, 0.15) is 0 Å². The van der Waals surface area contributed by atoms with Crippen molar-refractivity contribution in [3.8, 4) is 0 Å². The van der Waals surface area contributed by atoms with E-state index >= 15 is 0 Å². The van der Waals surface area contributed by atoms with Crippen molar-refractivity contribution < 1.29 is 23.9 Å². The zero-order valence-corrected chi connectivity index (χ0v) is 18.3. The lowest BCUT2D eigenvalue weighted by atomic mass is 10.0. The number of carbonyl (C=O) groups excluding carboxylic acids is 3. The molecule has 3 heterocycles. The van der Waals surface area contributed by atoms with Gasteiger partial charge in [0.25, 0.3) is 5.91 Å². The van der Waals surface area contributed by atoms with Gasteiger partial charge < -0.3 is 24.6 Å². The average Bonchev–Trinajstić information content (AvgIpc) is 3.15. The smallest absolute Gasteiger partial charge is 0.338 e. The van der Waals surface area contributed by atoms with Gasteiger partial charge in [-0.1, -0.05) is 0 Å². The van der Waals surface area contributed by atoms with Crippen molar-refractivity contribution in [2.45, 2.75) is 19.9 Å². The molecule has 2 aromatic rings. The van der Waals surface area contributed by atoms with Crippen molar-refractivity contribution in [2.24, 2.45) is 7.05 Å². The van der Waals surface area contributed by atoms with E-state index in [1.54, 1.807) is 45.7 Å². The van der Waals surface area contributed by atoms with Crippen molar-refractivity contribution in [3.05, 3.63) is 46.8 Å². The largest absolute Gasteiger partial charge is 0.462 e. The Morgan fingerprint density at radius 3 is 2.50 bits per heavy atom. The number of morpholine rings is 1. The third-order valence-corrected chi connectivity index (χ3v) is 5.68. The van der Waals surface area contributed by atoms with Crippen molar-refractivity contribution in [3.63, 3.8) is 0 Å². The summed E-state index contributed by atoms with van der Waals surface area (Å²) in [5, 5.41) is 7.32. The highest BCUT2D eigenvalue weighted by molar-refractivity contribution is 5.95. The van der Waals surface area contributed by atoms with E-state index in [9.17, 15) is 14.4 Å². The topological polar surface area (TPSA) is 106 Å². The number of amides is 3. The minimum Gasteiger partial charge on any atom is -0.462 e. The van der Waals surface area contributed by atoms with E-state index in [4.69, 9.17) is 9.47 Å². The van der Waals surface area contributed by atoms with Crippen molar-refractivity contribution in [2.75, 3.05) is 44.8 Å². The number of anilines is 1. The summed E-state index contributed by atoms with van der Waals surface area (Å²) in [7, 11) is 1.83. The SMILES string of the molecule is CCOC(=O)c1ccc(NC(=O)N2CCc3c(c(C(=O)N4CCOCC4)nn3C)C2)cc1. The third-order valence-electron chi connectivity index (χ3n) is 5.68. The number of hydrogen-bond donors (Lipinski definition) is 1. The van der Waals surface area contributed by atoms with Crippen LogP contribution in [-0.4, -0.2) is 76.9 Å². The van der Waals surface area contributed by atoms with Crippen molar-refractivity contribution in [1.29, 1.82) is 0 Å². The number of ether oxygens (including phenoxy) is 2. The summed E-state index contributed by atoms with van der Waals surface area (Å²) in [4.78, 5) is 41.1. The van der Waals surface area contributed by atoms with Crippen LogP contribution in [-0.2, 0) is 29.5 Å². The molecule has 10 heteroatoms. The molecule has 0 saturated carbocycles. The summed E-state index contributed by atoms with van der Waals surface area (Å²) < 4.78 is 12.1. The number of nitrogens with one attached hydrogen (secondary N) is 1. The number of hydrogen-bond acceptors (Lipinski definition) is 6. The Morgan fingerprint density at radius 2 is 1.81 bits per heavy atom. The van der Waals surface area contributed by atoms with Crippen LogP contribution in [0.2, 0.25) is 0 Å². The predicted octanol–water partition coefficient (Wildman–Crippen LogP) is 1.66. The second-order valence-electron chi connectivity index (χ2n) is 7.70. The molecule has 1 N–H and O–H groups in total. The highest BCUT2D eigenvalue weighted by Gasteiger charge is 2.31. The van der Waals surface area contributed by atoms with Crippen LogP contribution in [0, 0.1) is 0 Å². The monoisotopic (exact) mass is 441 g/mol. The first-order chi connectivity index (χ1) is 15.5. The average molecular weight is 441 g/mol. The quantitative estimate of drug-likeness (QED) is 0.724. The number of benzene rings is 1. The normalized spacial score (nSPS) is 15.8. The van der Waals surface area contributed by atoms with Gasteiger partial charge >= 0.3 is 12.0 Å². The first-order valence-corrected chi connectivity index (χ1v) is 10.7. The fourth-order valence-electron chi connectivity index (χ4n) is 3.96. The first kappa shape index (κ1) is 21.8. The molecule has 1 aromatic carbocycles. The van der Waals surface area contributed by atoms with Gasteiger partial charge in [0, 0.05) is 50.0 Å². The molecule has 0 spiro atoms. The second kappa shape index (κ2) is 9.39. The molecule has 0 unspecified atom stereocenters. The number of aromatic nitrogens is 2. The fraction of sp³-hybridized carbons (Fsp3) is 0.455. The van der Waals surface area contributed by atoms with Crippen LogP contribution in [0.4, 0.5) is 10.5 Å². The molecular weight excluding hydrogens is 414 g/mol. The van der Waals surface area contributed by atoms with Gasteiger partial charge in [-0.3, -0.25) is 9.48 Å². The third kappa shape index (κ3) is 4.45. The Hall–Kier alpha value is -3.40. The predicted molar refractivity (Wildman–Crippen MR) is 115 cm³/mol. The van der Waals surface area contributed by atoms with Gasteiger partial charge in [-0.15, -0.1) is 0 Å². The van der Waals surface area contributed by atoms with Crippen LogP contribution >= 0.6 is 0 Å². The zero-order valence-electron chi connectivity index (χ0n) is 18.3. The summed E-state index contributed by atoms with van der Waals surface area (Å²) >= 11 is 0. The molecule has 0 bridgehead atoms. The van der Waals surface area contributed by atoms with Gasteiger partial charge in [-0.05, 0) is 31.2 Å². The number of nitrogens with zero attached hydrogens (tertiary/aromatic N) is 4. The fourth-order valence-corrected chi connectivity index (χ4v) is 3.96. The molecule has 2 aliphatic rings. The highest BCUT2D eigenvalue weighted by atomic mass is 16.5. The molecule has 1 fully saturated rings. The Balaban J connectivity index is 1.45. The van der Waals surface area contributed by atoms with Crippen LogP contribution in [0.15, 0.2) is 24.3 Å². The molecule has 170 valence electrons. The summed E-state index contributed by atoms with van der Waals surface area (Å²) in [6.07, 6.45) is 0.616. The highest BCUT2D eigenvalue weighted by Crippen LogP contribution is 2.24. The van der Waals surface area contributed by atoms with Crippen molar-refractivity contribution in [1.82, 2.24) is 19.6 Å². The molecule has 0 atom stereocenters. The van der Waals surface area contributed by atoms with Crippen LogP contribution in [0.1, 0.15) is 39.0 Å². The minimum absolute atomic E-state index is 0.123. The maximum Gasteiger partial charge on any atom is 0.338 e. The lowest BCUT2D eigenvalue weighted by molar-refractivity contribution is 0.0297. The molecule has 4 rings (SSSR count). The summed E-state index contributed by atoms with van der Waals surface area (Å²) in [5.41, 5.74) is 3.17. The Kier molecular flexibility index (Phi) is 6.40. The van der Waals surface area contributed by atoms with E-state index in [1.807, 2.05) is 7.05 Å². The molecule has 1 aromatic heterocycles. The van der Waals surface area contributed by atoms with Gasteiger partial charge in [-0.2, -0.15) is 5.10 Å². The second-order valence-corrected chi connectivity index (χ2v) is 7.70. The van der Waals surface area contributed by atoms with Gasteiger partial charge in [0.2, 0.25) is 0 Å². The van der Waals surface area contributed by atoms with E-state index in [0.29, 0.717) is 69.4 Å². The number of esters is 1. The van der Waals surface area contributed by atoms with Crippen LogP contribution in [0.3, 0.4) is 0 Å². The van der Waals surface area contributed by atoms with E-state index in [2.05, 4.69) is 10.4 Å². The first-order valence-electron chi connectivity index (χ1n) is 10.7. The molecule has 2 aliphatic heterocycles. The van der Waals surface area contributed by atoms with Crippen molar-refractivity contribution >= 4 is 23.6 Å². The standard InChI is InChI=1S/C22H27N5O5/c1-3-32-21(29)15-4-6-16(7-5-15)23-22(30)27-9-8-18-17(14-27)19(24-25(18)2)20(28)26-10-12-31-13-11-26/h4-7H,3,8-14H2,1-2H3,(H,23,30). The van der Waals surface area contributed by atoms with E-state index in [1.165, 1.54) is 0 Å². The summed E-state index contributed by atoms with van der Waals surface area (Å²) in [5.74, 6) is -0.523.